The van der Waals surface area contributed by atoms with Gasteiger partial charge in [0, 0.05) is 12.6 Å². The van der Waals surface area contributed by atoms with Gasteiger partial charge in [-0.2, -0.15) is 4.31 Å². The second-order valence-electron chi connectivity index (χ2n) is 6.11. The zero-order valence-corrected chi connectivity index (χ0v) is 14.7. The molecule has 0 atom stereocenters. The molecule has 2 rings (SSSR count). The highest BCUT2D eigenvalue weighted by atomic mass is 32.2. The largest absolute Gasteiger partial charge is 0.355 e. The van der Waals surface area contributed by atoms with E-state index in [0.717, 1.165) is 37.7 Å². The van der Waals surface area contributed by atoms with Crippen LogP contribution in [-0.2, 0) is 14.8 Å². The molecular formula is C17H26N2O3S. The van der Waals surface area contributed by atoms with Crippen LogP contribution in [0.25, 0.3) is 0 Å². The molecule has 0 saturated heterocycles. The molecule has 1 fully saturated rings. The van der Waals surface area contributed by atoms with Gasteiger partial charge >= 0.3 is 0 Å². The van der Waals surface area contributed by atoms with E-state index in [1.807, 2.05) is 13.8 Å². The molecular weight excluding hydrogens is 312 g/mol. The lowest BCUT2D eigenvalue weighted by Crippen LogP contribution is -2.47. The zero-order chi connectivity index (χ0) is 16.9. The van der Waals surface area contributed by atoms with Crippen LogP contribution in [0.2, 0.25) is 0 Å². The Morgan fingerprint density at radius 2 is 1.78 bits per heavy atom. The molecule has 23 heavy (non-hydrogen) atoms. The summed E-state index contributed by atoms with van der Waals surface area (Å²) in [6, 6.07) is 6.74. The van der Waals surface area contributed by atoms with Crippen molar-refractivity contribution in [1.82, 2.24) is 9.62 Å². The molecule has 1 N–H and O–H groups in total. The molecule has 1 saturated carbocycles. The van der Waals surface area contributed by atoms with Gasteiger partial charge in [0.15, 0.2) is 0 Å². The first-order valence-corrected chi connectivity index (χ1v) is 9.74. The van der Waals surface area contributed by atoms with Gasteiger partial charge in [-0.05, 0) is 38.8 Å². The molecule has 128 valence electrons. The van der Waals surface area contributed by atoms with Crippen molar-refractivity contribution in [2.45, 2.75) is 56.9 Å². The summed E-state index contributed by atoms with van der Waals surface area (Å²) in [5.41, 5.74) is 1.01. The van der Waals surface area contributed by atoms with Gasteiger partial charge in [-0.15, -0.1) is 0 Å². The SMILES string of the molecule is CCNC(=O)CN(C1CCCCC1)S(=O)(=O)c1ccc(C)cc1. The van der Waals surface area contributed by atoms with E-state index in [-0.39, 0.29) is 23.4 Å². The number of amides is 1. The number of aryl methyl sites for hydroxylation is 1. The van der Waals surface area contributed by atoms with Gasteiger partial charge in [0.1, 0.15) is 0 Å². The van der Waals surface area contributed by atoms with Crippen LogP contribution in [0, 0.1) is 6.92 Å². The van der Waals surface area contributed by atoms with E-state index >= 15 is 0 Å². The number of hydrogen-bond acceptors (Lipinski definition) is 3. The number of likely N-dealkylation sites (N-methyl/N-ethyl adjacent to an activating group) is 1. The quantitative estimate of drug-likeness (QED) is 0.866. The molecule has 1 aromatic carbocycles. The van der Waals surface area contributed by atoms with E-state index in [1.54, 1.807) is 24.3 Å². The number of carbonyl (C=O) groups is 1. The molecule has 0 unspecified atom stereocenters. The summed E-state index contributed by atoms with van der Waals surface area (Å²) in [6.45, 7) is 4.15. The summed E-state index contributed by atoms with van der Waals surface area (Å²) < 4.78 is 27.5. The van der Waals surface area contributed by atoms with Crippen molar-refractivity contribution in [3.63, 3.8) is 0 Å². The van der Waals surface area contributed by atoms with Crippen LogP contribution in [0.3, 0.4) is 0 Å². The summed E-state index contributed by atoms with van der Waals surface area (Å²) in [7, 11) is -3.66. The van der Waals surface area contributed by atoms with E-state index in [2.05, 4.69) is 5.32 Å². The average Bonchev–Trinajstić information content (AvgIpc) is 2.54. The molecule has 0 radical (unpaired) electrons. The molecule has 0 aliphatic heterocycles. The Balaban J connectivity index is 2.30. The Morgan fingerprint density at radius 3 is 2.35 bits per heavy atom. The van der Waals surface area contributed by atoms with Crippen LogP contribution < -0.4 is 5.32 Å². The van der Waals surface area contributed by atoms with Crippen LogP contribution >= 0.6 is 0 Å². The maximum absolute atomic E-state index is 13.0. The van der Waals surface area contributed by atoms with Crippen LogP contribution in [0.1, 0.15) is 44.6 Å². The maximum atomic E-state index is 13.0. The molecule has 0 aromatic heterocycles. The maximum Gasteiger partial charge on any atom is 0.243 e. The van der Waals surface area contributed by atoms with Crippen molar-refractivity contribution in [1.29, 1.82) is 0 Å². The van der Waals surface area contributed by atoms with Crippen LogP contribution in [-0.4, -0.2) is 37.8 Å². The molecule has 1 aromatic rings. The Bertz CT molecular complexity index is 620. The lowest BCUT2D eigenvalue weighted by Gasteiger charge is -2.33. The number of nitrogens with one attached hydrogen (secondary N) is 1. The van der Waals surface area contributed by atoms with Gasteiger partial charge < -0.3 is 5.32 Å². The molecule has 0 bridgehead atoms. The third-order valence-electron chi connectivity index (χ3n) is 4.28. The summed E-state index contributed by atoms with van der Waals surface area (Å²) in [5, 5.41) is 2.70. The van der Waals surface area contributed by atoms with Gasteiger partial charge in [0.05, 0.1) is 11.4 Å². The number of benzene rings is 1. The molecule has 1 amide bonds. The first-order chi connectivity index (χ1) is 10.9. The Labute approximate surface area is 139 Å². The second kappa shape index (κ2) is 7.93. The fourth-order valence-electron chi connectivity index (χ4n) is 3.02. The fraction of sp³-hybridized carbons (Fsp3) is 0.588. The van der Waals surface area contributed by atoms with Crippen molar-refractivity contribution >= 4 is 15.9 Å². The van der Waals surface area contributed by atoms with Crippen LogP contribution in [0.4, 0.5) is 0 Å². The predicted octanol–water partition coefficient (Wildman–Crippen LogP) is 2.45. The number of rotatable bonds is 6. The fourth-order valence-corrected chi connectivity index (χ4v) is 4.66. The Morgan fingerprint density at radius 1 is 1.17 bits per heavy atom. The second-order valence-corrected chi connectivity index (χ2v) is 8.00. The van der Waals surface area contributed by atoms with Gasteiger partial charge in [-0.25, -0.2) is 8.42 Å². The first kappa shape index (κ1) is 17.9. The smallest absolute Gasteiger partial charge is 0.243 e. The first-order valence-electron chi connectivity index (χ1n) is 8.30. The summed E-state index contributed by atoms with van der Waals surface area (Å²) >= 11 is 0. The molecule has 0 heterocycles. The van der Waals surface area contributed by atoms with Gasteiger partial charge in [-0.3, -0.25) is 4.79 Å². The van der Waals surface area contributed by atoms with Crippen LogP contribution in [0.5, 0.6) is 0 Å². The van der Waals surface area contributed by atoms with Crippen molar-refractivity contribution in [2.75, 3.05) is 13.1 Å². The van der Waals surface area contributed by atoms with E-state index in [9.17, 15) is 13.2 Å². The van der Waals surface area contributed by atoms with E-state index < -0.39 is 10.0 Å². The highest BCUT2D eigenvalue weighted by Crippen LogP contribution is 2.27. The molecule has 1 aliphatic rings. The minimum atomic E-state index is -3.66. The third-order valence-corrected chi connectivity index (χ3v) is 6.20. The van der Waals surface area contributed by atoms with E-state index in [1.165, 1.54) is 4.31 Å². The summed E-state index contributed by atoms with van der Waals surface area (Å²) in [4.78, 5) is 12.3. The van der Waals surface area contributed by atoms with Crippen molar-refractivity contribution in [2.24, 2.45) is 0 Å². The number of hydrogen-bond donors (Lipinski definition) is 1. The van der Waals surface area contributed by atoms with Gasteiger partial charge in [0.2, 0.25) is 15.9 Å². The molecule has 6 heteroatoms. The Kier molecular flexibility index (Phi) is 6.18. The molecule has 0 spiro atoms. The average molecular weight is 338 g/mol. The van der Waals surface area contributed by atoms with E-state index in [4.69, 9.17) is 0 Å². The van der Waals surface area contributed by atoms with Gasteiger partial charge in [-0.1, -0.05) is 37.0 Å². The van der Waals surface area contributed by atoms with Crippen LogP contribution in [0.15, 0.2) is 29.2 Å². The lowest BCUT2D eigenvalue weighted by molar-refractivity contribution is -0.121. The minimum absolute atomic E-state index is 0.0855. The topological polar surface area (TPSA) is 66.5 Å². The minimum Gasteiger partial charge on any atom is -0.355 e. The monoisotopic (exact) mass is 338 g/mol. The standard InChI is InChI=1S/C17H26N2O3S/c1-3-18-17(20)13-19(15-7-5-4-6-8-15)23(21,22)16-11-9-14(2)10-12-16/h9-12,15H,3-8,13H2,1-2H3,(H,18,20). The number of carbonyl (C=O) groups excluding carboxylic acids is 1. The van der Waals surface area contributed by atoms with Gasteiger partial charge in [0.25, 0.3) is 0 Å². The van der Waals surface area contributed by atoms with Crippen molar-refractivity contribution in [3.05, 3.63) is 29.8 Å². The normalized spacial score (nSPS) is 16.5. The van der Waals surface area contributed by atoms with Crippen molar-refractivity contribution < 1.29 is 13.2 Å². The molecule has 1 aliphatic carbocycles. The van der Waals surface area contributed by atoms with E-state index in [0.29, 0.717) is 6.54 Å². The predicted molar refractivity (Wildman–Crippen MR) is 90.6 cm³/mol. The zero-order valence-electron chi connectivity index (χ0n) is 13.9. The number of nitrogens with zero attached hydrogens (tertiary/aromatic N) is 1. The lowest BCUT2D eigenvalue weighted by atomic mass is 9.95. The van der Waals surface area contributed by atoms with Crippen molar-refractivity contribution in [3.8, 4) is 0 Å². The summed E-state index contributed by atoms with van der Waals surface area (Å²) in [6.07, 6.45) is 4.81. The highest BCUT2D eigenvalue weighted by molar-refractivity contribution is 7.89. The third kappa shape index (κ3) is 4.54. The number of sulfonamides is 1. The molecule has 5 nitrogen and oxygen atoms in total. The Hall–Kier alpha value is -1.40. The highest BCUT2D eigenvalue weighted by Gasteiger charge is 2.33. The summed E-state index contributed by atoms with van der Waals surface area (Å²) in [5.74, 6) is -0.242.